The molecule has 1 N–H and O–H groups in total. The van der Waals surface area contributed by atoms with Crippen LogP contribution in [0, 0.1) is 0 Å². The molecule has 1 aromatic rings. The van der Waals surface area contributed by atoms with Crippen LogP contribution in [0.5, 0.6) is 5.75 Å². The normalized spacial score (nSPS) is 20.0. The first-order valence-electron chi connectivity index (χ1n) is 4.98. The van der Waals surface area contributed by atoms with Gasteiger partial charge in [-0.3, -0.25) is 0 Å². The van der Waals surface area contributed by atoms with Crippen molar-refractivity contribution in [1.82, 2.24) is 0 Å². The van der Waals surface area contributed by atoms with E-state index in [0.29, 0.717) is 0 Å². The predicted molar refractivity (Wildman–Crippen MR) is 55.5 cm³/mol. The fourth-order valence-electron chi connectivity index (χ4n) is 1.89. The summed E-state index contributed by atoms with van der Waals surface area (Å²) in [4.78, 5) is 0. The zero-order chi connectivity index (χ0) is 10.3. The molecular formula is C12H16O2. The van der Waals surface area contributed by atoms with Crippen LogP contribution in [0.4, 0.5) is 0 Å². The van der Waals surface area contributed by atoms with E-state index in [1.165, 1.54) is 5.56 Å². The second-order valence-corrected chi connectivity index (χ2v) is 4.58. The largest absolute Gasteiger partial charge is 0.487 e. The van der Waals surface area contributed by atoms with Crippen LogP contribution < -0.4 is 4.74 Å². The molecule has 1 aliphatic heterocycles. The Morgan fingerprint density at radius 1 is 1.43 bits per heavy atom. The molecule has 0 saturated heterocycles. The number of hydrogen-bond acceptors (Lipinski definition) is 2. The monoisotopic (exact) mass is 192 g/mol. The van der Waals surface area contributed by atoms with Crippen LogP contribution in [-0.2, 0) is 6.42 Å². The summed E-state index contributed by atoms with van der Waals surface area (Å²) in [5, 5.41) is 9.44. The molecule has 0 bridgehead atoms. The van der Waals surface area contributed by atoms with Crippen molar-refractivity contribution < 1.29 is 9.84 Å². The Kier molecular flexibility index (Phi) is 2.04. The van der Waals surface area contributed by atoms with Crippen molar-refractivity contribution in [3.05, 3.63) is 29.3 Å². The van der Waals surface area contributed by atoms with Gasteiger partial charge in [0.15, 0.2) is 0 Å². The summed E-state index contributed by atoms with van der Waals surface area (Å²) in [6.45, 7) is 5.94. The van der Waals surface area contributed by atoms with Crippen LogP contribution in [0.2, 0.25) is 0 Å². The van der Waals surface area contributed by atoms with E-state index in [0.717, 1.165) is 17.7 Å². The quantitative estimate of drug-likeness (QED) is 0.740. The first kappa shape index (κ1) is 9.53. The number of benzene rings is 1. The Hall–Kier alpha value is -1.02. The van der Waals surface area contributed by atoms with Gasteiger partial charge >= 0.3 is 0 Å². The van der Waals surface area contributed by atoms with Gasteiger partial charge in [-0.1, -0.05) is 6.07 Å². The van der Waals surface area contributed by atoms with Gasteiger partial charge in [-0.2, -0.15) is 0 Å². The van der Waals surface area contributed by atoms with Gasteiger partial charge in [-0.05, 0) is 44.0 Å². The molecule has 2 rings (SSSR count). The number of aliphatic hydroxyl groups excluding tert-OH is 1. The lowest BCUT2D eigenvalue weighted by atomic mass is 9.99. The van der Waals surface area contributed by atoms with Gasteiger partial charge in [-0.15, -0.1) is 0 Å². The maximum atomic E-state index is 9.44. The summed E-state index contributed by atoms with van der Waals surface area (Å²) >= 11 is 0. The first-order valence-corrected chi connectivity index (χ1v) is 4.98. The molecular weight excluding hydrogens is 176 g/mol. The molecule has 0 amide bonds. The van der Waals surface area contributed by atoms with Crippen LogP contribution >= 0.6 is 0 Å². The van der Waals surface area contributed by atoms with Crippen molar-refractivity contribution in [3.8, 4) is 5.75 Å². The van der Waals surface area contributed by atoms with Crippen molar-refractivity contribution in [2.75, 3.05) is 0 Å². The van der Waals surface area contributed by atoms with Crippen LogP contribution in [0.15, 0.2) is 18.2 Å². The van der Waals surface area contributed by atoms with E-state index in [4.69, 9.17) is 4.74 Å². The highest BCUT2D eigenvalue weighted by molar-refractivity contribution is 5.42. The lowest BCUT2D eigenvalue weighted by Crippen LogP contribution is -2.24. The predicted octanol–water partition coefficient (Wildman–Crippen LogP) is 2.45. The molecule has 1 aliphatic rings. The maximum absolute atomic E-state index is 9.44. The minimum absolute atomic E-state index is 0.0976. The van der Waals surface area contributed by atoms with Gasteiger partial charge in [0.05, 0.1) is 6.10 Å². The van der Waals surface area contributed by atoms with Gasteiger partial charge in [0.1, 0.15) is 11.4 Å². The minimum Gasteiger partial charge on any atom is -0.487 e. The molecule has 1 aromatic carbocycles. The molecule has 0 radical (unpaired) electrons. The molecule has 14 heavy (non-hydrogen) atoms. The zero-order valence-electron chi connectivity index (χ0n) is 8.87. The van der Waals surface area contributed by atoms with Crippen molar-refractivity contribution in [2.24, 2.45) is 0 Å². The van der Waals surface area contributed by atoms with Gasteiger partial charge < -0.3 is 9.84 Å². The molecule has 2 heteroatoms. The molecule has 0 fully saturated rings. The third kappa shape index (κ3) is 1.62. The summed E-state index contributed by atoms with van der Waals surface area (Å²) < 4.78 is 5.75. The minimum atomic E-state index is -0.399. The molecule has 1 atom stereocenters. The van der Waals surface area contributed by atoms with Crippen molar-refractivity contribution in [2.45, 2.75) is 38.9 Å². The molecule has 0 spiro atoms. The number of hydrogen-bond donors (Lipinski definition) is 1. The second kappa shape index (κ2) is 2.99. The molecule has 1 unspecified atom stereocenters. The smallest absolute Gasteiger partial charge is 0.123 e. The van der Waals surface area contributed by atoms with Crippen LogP contribution in [0.25, 0.3) is 0 Å². The molecule has 76 valence electrons. The Balaban J connectivity index is 2.36. The number of ether oxygens (including phenoxy) is 1. The van der Waals surface area contributed by atoms with Crippen molar-refractivity contribution >= 4 is 0 Å². The second-order valence-electron chi connectivity index (χ2n) is 4.58. The summed E-state index contributed by atoms with van der Waals surface area (Å²) in [6.07, 6.45) is 0.520. The summed E-state index contributed by atoms with van der Waals surface area (Å²) in [5.74, 6) is 0.958. The molecule has 2 nitrogen and oxygen atoms in total. The average Bonchev–Trinajstić information content (AvgIpc) is 2.36. The number of fused-ring (bicyclic) bond motifs is 1. The highest BCUT2D eigenvalue weighted by Crippen LogP contribution is 2.35. The van der Waals surface area contributed by atoms with Crippen molar-refractivity contribution in [3.63, 3.8) is 0 Å². The number of rotatable bonds is 1. The first-order chi connectivity index (χ1) is 6.48. The Labute approximate surface area is 84.5 Å². The van der Waals surface area contributed by atoms with E-state index in [-0.39, 0.29) is 5.60 Å². The maximum Gasteiger partial charge on any atom is 0.123 e. The third-order valence-corrected chi connectivity index (χ3v) is 2.57. The van der Waals surface area contributed by atoms with E-state index in [1.54, 1.807) is 6.92 Å². The average molecular weight is 192 g/mol. The highest BCUT2D eigenvalue weighted by atomic mass is 16.5. The standard InChI is InChI=1S/C12H16O2/c1-8(13)9-4-5-11-10(6-9)7-12(2,3)14-11/h4-6,8,13H,7H2,1-3H3. The SMILES string of the molecule is CC(O)c1ccc2c(c1)CC(C)(C)O2. The van der Waals surface area contributed by atoms with Gasteiger partial charge in [0.25, 0.3) is 0 Å². The lowest BCUT2D eigenvalue weighted by Gasteiger charge is -2.16. The fraction of sp³-hybridized carbons (Fsp3) is 0.500. The summed E-state index contributed by atoms with van der Waals surface area (Å²) in [5.41, 5.74) is 2.07. The van der Waals surface area contributed by atoms with Crippen molar-refractivity contribution in [1.29, 1.82) is 0 Å². The molecule has 1 heterocycles. The highest BCUT2D eigenvalue weighted by Gasteiger charge is 2.29. The molecule has 0 aliphatic carbocycles. The molecule has 0 aromatic heterocycles. The Morgan fingerprint density at radius 3 is 2.79 bits per heavy atom. The third-order valence-electron chi connectivity index (χ3n) is 2.57. The summed E-state index contributed by atoms with van der Waals surface area (Å²) in [7, 11) is 0. The van der Waals surface area contributed by atoms with Crippen LogP contribution in [0.3, 0.4) is 0 Å². The fourth-order valence-corrected chi connectivity index (χ4v) is 1.89. The van der Waals surface area contributed by atoms with Gasteiger partial charge in [0.2, 0.25) is 0 Å². The number of aliphatic hydroxyl groups is 1. The van der Waals surface area contributed by atoms with E-state index >= 15 is 0 Å². The molecule has 0 saturated carbocycles. The van der Waals surface area contributed by atoms with Crippen LogP contribution in [0.1, 0.15) is 38.0 Å². The van der Waals surface area contributed by atoms with E-state index in [9.17, 15) is 5.11 Å². The summed E-state index contributed by atoms with van der Waals surface area (Å²) in [6, 6.07) is 5.91. The Morgan fingerprint density at radius 2 is 2.14 bits per heavy atom. The van der Waals surface area contributed by atoms with Gasteiger partial charge in [-0.25, -0.2) is 0 Å². The van der Waals surface area contributed by atoms with Gasteiger partial charge in [0, 0.05) is 6.42 Å². The van der Waals surface area contributed by atoms with Crippen LogP contribution in [-0.4, -0.2) is 10.7 Å². The van der Waals surface area contributed by atoms with E-state index < -0.39 is 6.10 Å². The lowest BCUT2D eigenvalue weighted by molar-refractivity contribution is 0.138. The zero-order valence-corrected chi connectivity index (χ0v) is 8.87. The topological polar surface area (TPSA) is 29.5 Å². The van der Waals surface area contributed by atoms with E-state index in [1.807, 2.05) is 18.2 Å². The van der Waals surface area contributed by atoms with E-state index in [2.05, 4.69) is 13.8 Å². The Bertz CT molecular complexity index is 353.